The second-order valence-corrected chi connectivity index (χ2v) is 7.09. The molecule has 1 fully saturated rings. The molecular formula is C12H19N2NaO9S. The van der Waals surface area contributed by atoms with E-state index in [9.17, 15) is 28.2 Å². The third kappa shape index (κ3) is 4.78. The van der Waals surface area contributed by atoms with Gasteiger partial charge >= 0.3 is 35.2 Å². The second kappa shape index (κ2) is 8.41. The zero-order valence-electron chi connectivity index (χ0n) is 12.8. The molecule has 0 aromatic carbocycles. The molecule has 1 aliphatic rings. The van der Waals surface area contributed by atoms with Crippen LogP contribution in [0, 0.1) is 6.92 Å². The summed E-state index contributed by atoms with van der Waals surface area (Å²) in [4.78, 5) is 25.4. The van der Waals surface area contributed by atoms with Gasteiger partial charge in [-0.1, -0.05) is 0 Å². The molecular weight excluding hydrogens is 371 g/mol. The molecule has 0 radical (unpaired) electrons. The average Bonchev–Trinajstić information content (AvgIpc) is 2.78. The summed E-state index contributed by atoms with van der Waals surface area (Å²) in [6.07, 6.45) is -4.16. The molecule has 3 unspecified atom stereocenters. The van der Waals surface area contributed by atoms with E-state index in [1.165, 1.54) is 6.92 Å². The summed E-state index contributed by atoms with van der Waals surface area (Å²) < 4.78 is 42.7. The van der Waals surface area contributed by atoms with Gasteiger partial charge in [0.25, 0.3) is 15.7 Å². The monoisotopic (exact) mass is 390 g/mol. The number of hydrogen-bond donors (Lipinski definition) is 4. The van der Waals surface area contributed by atoms with Crippen LogP contribution in [0.3, 0.4) is 0 Å². The molecule has 1 aromatic rings. The van der Waals surface area contributed by atoms with Crippen molar-refractivity contribution in [1.29, 1.82) is 0 Å². The minimum atomic E-state index is -4.57. The van der Waals surface area contributed by atoms with Gasteiger partial charge in [-0.3, -0.25) is 18.9 Å². The third-order valence-electron chi connectivity index (χ3n) is 3.68. The number of nitrogens with zero attached hydrogens (tertiary/aromatic N) is 1. The quantitative estimate of drug-likeness (QED) is 0.304. The molecule has 0 aliphatic carbocycles. The molecule has 4 N–H and O–H groups in total. The van der Waals surface area contributed by atoms with E-state index in [2.05, 4.69) is 0 Å². The molecule has 1 aromatic heterocycles. The number of H-pyrrole nitrogens is 1. The van der Waals surface area contributed by atoms with Gasteiger partial charge < -0.3 is 19.7 Å². The van der Waals surface area contributed by atoms with Crippen molar-refractivity contribution < 1.29 is 32.7 Å². The van der Waals surface area contributed by atoms with Crippen LogP contribution in [0.2, 0.25) is 0 Å². The summed E-state index contributed by atoms with van der Waals surface area (Å²) >= 11 is 0. The molecule has 1 aliphatic heterocycles. The van der Waals surface area contributed by atoms with Crippen molar-refractivity contribution in [3.8, 4) is 0 Å². The van der Waals surface area contributed by atoms with Crippen LogP contribution in [0.5, 0.6) is 0 Å². The fourth-order valence-corrected chi connectivity index (χ4v) is 2.58. The molecule has 1 saturated heterocycles. The fraction of sp³-hybridized carbons (Fsp3) is 0.667. The molecule has 0 spiro atoms. The summed E-state index contributed by atoms with van der Waals surface area (Å²) in [5.74, 6) is 0. The normalized spacial score (nSPS) is 27.7. The van der Waals surface area contributed by atoms with Crippen LogP contribution in [0.4, 0.5) is 0 Å². The van der Waals surface area contributed by atoms with Gasteiger partial charge in [-0.05, 0) is 13.8 Å². The van der Waals surface area contributed by atoms with Crippen molar-refractivity contribution in [2.75, 3.05) is 6.61 Å². The van der Waals surface area contributed by atoms with E-state index >= 15 is 0 Å². The number of aryl methyl sites for hydroxylation is 1. The van der Waals surface area contributed by atoms with Crippen molar-refractivity contribution >= 4 is 39.7 Å². The van der Waals surface area contributed by atoms with E-state index in [-0.39, 0.29) is 35.1 Å². The van der Waals surface area contributed by atoms with Crippen LogP contribution in [0.1, 0.15) is 18.7 Å². The maximum absolute atomic E-state index is 12.0. The van der Waals surface area contributed by atoms with Crippen molar-refractivity contribution in [2.45, 2.75) is 43.8 Å². The van der Waals surface area contributed by atoms with Gasteiger partial charge in [-0.2, -0.15) is 8.42 Å². The molecule has 2 heterocycles. The van der Waals surface area contributed by atoms with Gasteiger partial charge in [-0.25, -0.2) is 4.79 Å². The molecule has 13 heteroatoms. The van der Waals surface area contributed by atoms with Crippen LogP contribution in [0.25, 0.3) is 0 Å². The number of rotatable bonds is 5. The molecule has 5 atom stereocenters. The minimum absolute atomic E-state index is 0. The zero-order valence-corrected chi connectivity index (χ0v) is 13.6. The van der Waals surface area contributed by atoms with E-state index in [4.69, 9.17) is 14.0 Å². The Morgan fingerprint density at radius 3 is 2.56 bits per heavy atom. The summed E-state index contributed by atoms with van der Waals surface area (Å²) in [6.45, 7) is 1.85. The van der Waals surface area contributed by atoms with E-state index in [1.807, 2.05) is 4.98 Å². The first kappa shape index (κ1) is 22.5. The molecule has 0 bridgehead atoms. The van der Waals surface area contributed by atoms with Gasteiger partial charge in [0.15, 0.2) is 11.7 Å². The molecule has 138 valence electrons. The number of aliphatic hydroxyl groups excluding tert-OH is 2. The molecule has 25 heavy (non-hydrogen) atoms. The SMILES string of the molecule is Cc1cn([C@H]2O[C@@H](CO)C(O)C2OC(C)S(=O)(=O)O)c(=O)[nH]c1=O.[NaH]. The number of aliphatic hydroxyl groups is 2. The van der Waals surface area contributed by atoms with Gasteiger partial charge in [0.2, 0.25) is 0 Å². The number of hydrogen-bond acceptors (Lipinski definition) is 8. The molecule has 11 nitrogen and oxygen atoms in total. The number of aromatic amines is 1. The zero-order chi connectivity index (χ0) is 18.2. The predicted octanol–water partition coefficient (Wildman–Crippen LogP) is -2.93. The average molecular weight is 390 g/mol. The van der Waals surface area contributed by atoms with E-state index in [0.717, 1.165) is 17.7 Å². The van der Waals surface area contributed by atoms with Gasteiger partial charge in [0, 0.05) is 11.8 Å². The summed E-state index contributed by atoms with van der Waals surface area (Å²) in [5.41, 5.74) is -3.02. The van der Waals surface area contributed by atoms with Gasteiger partial charge in [-0.15, -0.1) is 0 Å². The molecule has 2 rings (SSSR count). The van der Waals surface area contributed by atoms with Gasteiger partial charge in [0.05, 0.1) is 6.61 Å². The Bertz CT molecular complexity index is 821. The Morgan fingerprint density at radius 1 is 1.44 bits per heavy atom. The number of ether oxygens (including phenoxy) is 2. The fourth-order valence-electron chi connectivity index (χ4n) is 2.31. The van der Waals surface area contributed by atoms with E-state index < -0.39 is 57.9 Å². The maximum atomic E-state index is 12.0. The van der Waals surface area contributed by atoms with Crippen molar-refractivity contribution in [2.24, 2.45) is 0 Å². The first-order valence-electron chi connectivity index (χ1n) is 6.94. The Morgan fingerprint density at radius 2 is 2.04 bits per heavy atom. The number of nitrogens with one attached hydrogen (secondary N) is 1. The first-order chi connectivity index (χ1) is 11.1. The standard InChI is InChI=1S/C12H18N2O9S.Na.H/c1-5-3-14(12(18)13-10(5)17)11-9(8(16)7(4-15)23-11)22-6(2)24(19,20)21;;/h3,6-9,11,15-16H,4H2,1-2H3,(H,13,17,18)(H,19,20,21);;/t6?,7-,8?,9?,11-;;/m0../s1. The van der Waals surface area contributed by atoms with Crippen LogP contribution in [0.15, 0.2) is 15.8 Å². The van der Waals surface area contributed by atoms with Crippen molar-refractivity contribution in [3.05, 3.63) is 32.6 Å². The third-order valence-corrected chi connectivity index (χ3v) is 4.63. The second-order valence-electron chi connectivity index (χ2n) is 5.40. The molecule has 0 amide bonds. The van der Waals surface area contributed by atoms with Crippen LogP contribution in [-0.2, 0) is 19.6 Å². The summed E-state index contributed by atoms with van der Waals surface area (Å²) in [7, 11) is -4.57. The first-order valence-corrected chi connectivity index (χ1v) is 8.44. The summed E-state index contributed by atoms with van der Waals surface area (Å²) in [5, 5.41) is 19.4. The molecule has 0 saturated carbocycles. The Kier molecular flexibility index (Phi) is 7.56. The topological polar surface area (TPSA) is 168 Å². The Hall–Kier alpha value is -0.570. The van der Waals surface area contributed by atoms with E-state index in [0.29, 0.717) is 0 Å². The Balaban J connectivity index is 0.00000312. The van der Waals surface area contributed by atoms with Crippen LogP contribution < -0.4 is 11.2 Å². The Labute approximate surface area is 164 Å². The number of aromatic nitrogens is 2. The van der Waals surface area contributed by atoms with Crippen molar-refractivity contribution in [3.63, 3.8) is 0 Å². The van der Waals surface area contributed by atoms with Crippen LogP contribution in [-0.4, -0.2) is 92.6 Å². The summed E-state index contributed by atoms with van der Waals surface area (Å²) in [6, 6.07) is 0. The van der Waals surface area contributed by atoms with Crippen molar-refractivity contribution in [1.82, 2.24) is 9.55 Å². The van der Waals surface area contributed by atoms with Gasteiger partial charge in [0.1, 0.15) is 18.3 Å². The van der Waals surface area contributed by atoms with E-state index in [1.54, 1.807) is 0 Å². The van der Waals surface area contributed by atoms with Crippen LogP contribution >= 0.6 is 0 Å². The predicted molar refractivity (Wildman–Crippen MR) is 86.1 cm³/mol.